The number of hydrogen-bond donors (Lipinski definition) is 1. The summed E-state index contributed by atoms with van der Waals surface area (Å²) in [6, 6.07) is 2.44. The van der Waals surface area contributed by atoms with Crippen LogP contribution in [0.2, 0.25) is 0 Å². The Kier molecular flexibility index (Phi) is 7.10. The van der Waals surface area contributed by atoms with Crippen LogP contribution in [0.15, 0.2) is 6.07 Å². The number of ether oxygens (including phenoxy) is 1. The normalized spacial score (nSPS) is 13.2. The topological polar surface area (TPSA) is 39.1 Å². The molecule has 110 valence electrons. The standard InChI is InChI=1S/C15H29N3O/c1-6-9-16-14(11-19-12(4)5)15-10-13(7-2)17-18(15)8-3/h10,12,14,16H,6-9,11H2,1-5H3. The molecule has 0 amide bonds. The van der Waals surface area contributed by atoms with Gasteiger partial charge in [-0.3, -0.25) is 4.68 Å². The van der Waals surface area contributed by atoms with Crippen molar-refractivity contribution < 1.29 is 4.74 Å². The van der Waals surface area contributed by atoms with Gasteiger partial charge in [-0.15, -0.1) is 0 Å². The molecule has 1 aromatic heterocycles. The number of aromatic nitrogens is 2. The van der Waals surface area contributed by atoms with Crippen LogP contribution < -0.4 is 5.32 Å². The third-order valence-corrected chi connectivity index (χ3v) is 3.12. The van der Waals surface area contributed by atoms with Crippen LogP contribution in [0.4, 0.5) is 0 Å². The molecule has 1 heterocycles. The lowest BCUT2D eigenvalue weighted by atomic mass is 10.2. The first-order valence-electron chi connectivity index (χ1n) is 7.53. The van der Waals surface area contributed by atoms with Crippen molar-refractivity contribution in [2.75, 3.05) is 13.2 Å². The zero-order chi connectivity index (χ0) is 14.3. The van der Waals surface area contributed by atoms with E-state index in [2.05, 4.69) is 55.8 Å². The average molecular weight is 267 g/mol. The van der Waals surface area contributed by atoms with Crippen LogP contribution >= 0.6 is 0 Å². The maximum absolute atomic E-state index is 5.79. The van der Waals surface area contributed by atoms with Crippen LogP contribution in [-0.4, -0.2) is 29.0 Å². The summed E-state index contributed by atoms with van der Waals surface area (Å²) in [6.07, 6.45) is 2.36. The van der Waals surface area contributed by atoms with Crippen molar-refractivity contribution in [1.29, 1.82) is 0 Å². The molecular formula is C15H29N3O. The summed E-state index contributed by atoms with van der Waals surface area (Å²) in [7, 11) is 0. The van der Waals surface area contributed by atoms with Gasteiger partial charge in [0, 0.05) is 6.54 Å². The second-order valence-corrected chi connectivity index (χ2v) is 5.12. The minimum absolute atomic E-state index is 0.232. The van der Waals surface area contributed by atoms with Gasteiger partial charge >= 0.3 is 0 Å². The Labute approximate surface area is 117 Å². The highest BCUT2D eigenvalue weighted by Gasteiger charge is 2.17. The number of rotatable bonds is 9. The number of nitrogens with zero attached hydrogens (tertiary/aromatic N) is 2. The van der Waals surface area contributed by atoms with Crippen LogP contribution in [0.5, 0.6) is 0 Å². The molecule has 0 aliphatic heterocycles. The molecule has 0 fully saturated rings. The fraction of sp³-hybridized carbons (Fsp3) is 0.800. The number of nitrogens with one attached hydrogen (secondary N) is 1. The number of hydrogen-bond acceptors (Lipinski definition) is 3. The van der Waals surface area contributed by atoms with E-state index in [4.69, 9.17) is 4.74 Å². The van der Waals surface area contributed by atoms with E-state index in [0.29, 0.717) is 6.61 Å². The highest BCUT2D eigenvalue weighted by molar-refractivity contribution is 5.14. The van der Waals surface area contributed by atoms with Gasteiger partial charge in [-0.25, -0.2) is 0 Å². The lowest BCUT2D eigenvalue weighted by molar-refractivity contribution is 0.0594. The molecule has 4 heteroatoms. The first kappa shape index (κ1) is 16.2. The SMILES string of the molecule is CCCNC(COC(C)C)c1cc(CC)nn1CC. The van der Waals surface area contributed by atoms with E-state index < -0.39 is 0 Å². The molecule has 0 saturated heterocycles. The molecule has 1 N–H and O–H groups in total. The molecule has 4 nitrogen and oxygen atoms in total. The zero-order valence-electron chi connectivity index (χ0n) is 13.1. The minimum Gasteiger partial charge on any atom is -0.377 e. The lowest BCUT2D eigenvalue weighted by Gasteiger charge is -2.21. The molecule has 0 aliphatic rings. The van der Waals surface area contributed by atoms with E-state index in [0.717, 1.165) is 31.6 Å². The van der Waals surface area contributed by atoms with Crippen molar-refractivity contribution in [2.45, 2.75) is 66.2 Å². The summed E-state index contributed by atoms with van der Waals surface area (Å²) < 4.78 is 7.89. The Hall–Kier alpha value is -0.870. The lowest BCUT2D eigenvalue weighted by Crippen LogP contribution is -2.29. The smallest absolute Gasteiger partial charge is 0.0729 e. The van der Waals surface area contributed by atoms with Crippen LogP contribution in [-0.2, 0) is 17.7 Å². The maximum atomic E-state index is 5.79. The van der Waals surface area contributed by atoms with Gasteiger partial charge in [0.1, 0.15) is 0 Å². The monoisotopic (exact) mass is 267 g/mol. The summed E-state index contributed by atoms with van der Waals surface area (Å²) in [5.41, 5.74) is 2.40. The second kappa shape index (κ2) is 8.33. The minimum atomic E-state index is 0.232. The van der Waals surface area contributed by atoms with Crippen LogP contribution in [0.3, 0.4) is 0 Å². The Morgan fingerprint density at radius 2 is 2.05 bits per heavy atom. The van der Waals surface area contributed by atoms with Gasteiger partial charge in [-0.1, -0.05) is 13.8 Å². The van der Waals surface area contributed by atoms with Crippen LogP contribution in [0.25, 0.3) is 0 Å². The fourth-order valence-electron chi connectivity index (χ4n) is 2.05. The molecule has 0 bridgehead atoms. The molecule has 0 aromatic carbocycles. The summed E-state index contributed by atoms with van der Waals surface area (Å²) >= 11 is 0. The molecule has 19 heavy (non-hydrogen) atoms. The third-order valence-electron chi connectivity index (χ3n) is 3.12. The van der Waals surface area contributed by atoms with Gasteiger partial charge in [0.05, 0.1) is 30.1 Å². The summed E-state index contributed by atoms with van der Waals surface area (Å²) in [6.45, 7) is 13.2. The van der Waals surface area contributed by atoms with Gasteiger partial charge in [0.15, 0.2) is 0 Å². The molecule has 1 atom stereocenters. The average Bonchev–Trinajstić information content (AvgIpc) is 2.82. The van der Waals surface area contributed by atoms with E-state index >= 15 is 0 Å². The van der Waals surface area contributed by atoms with Crippen molar-refractivity contribution in [3.05, 3.63) is 17.5 Å². The predicted octanol–water partition coefficient (Wildman–Crippen LogP) is 2.93. The summed E-state index contributed by atoms with van der Waals surface area (Å²) in [5, 5.41) is 8.19. The Morgan fingerprint density at radius 3 is 2.58 bits per heavy atom. The van der Waals surface area contributed by atoms with Crippen molar-refractivity contribution in [3.8, 4) is 0 Å². The molecule has 1 rings (SSSR count). The Balaban J connectivity index is 2.84. The van der Waals surface area contributed by atoms with E-state index in [9.17, 15) is 0 Å². The van der Waals surface area contributed by atoms with E-state index in [-0.39, 0.29) is 12.1 Å². The fourth-order valence-corrected chi connectivity index (χ4v) is 2.05. The van der Waals surface area contributed by atoms with Crippen molar-refractivity contribution >= 4 is 0 Å². The van der Waals surface area contributed by atoms with Crippen LogP contribution in [0.1, 0.15) is 58.5 Å². The van der Waals surface area contributed by atoms with Gasteiger partial charge in [0.2, 0.25) is 0 Å². The van der Waals surface area contributed by atoms with Gasteiger partial charge in [-0.05, 0) is 46.2 Å². The summed E-state index contributed by atoms with van der Waals surface area (Å²) in [5.74, 6) is 0. The maximum Gasteiger partial charge on any atom is 0.0729 e. The molecule has 1 unspecified atom stereocenters. The predicted molar refractivity (Wildman–Crippen MR) is 79.4 cm³/mol. The van der Waals surface area contributed by atoms with Crippen molar-refractivity contribution in [2.24, 2.45) is 0 Å². The van der Waals surface area contributed by atoms with Crippen LogP contribution in [0, 0.1) is 0 Å². The molecule has 0 saturated carbocycles. The Morgan fingerprint density at radius 1 is 1.32 bits per heavy atom. The van der Waals surface area contributed by atoms with E-state index in [1.54, 1.807) is 0 Å². The van der Waals surface area contributed by atoms with Gasteiger partial charge < -0.3 is 10.1 Å². The molecule has 0 aliphatic carbocycles. The highest BCUT2D eigenvalue weighted by atomic mass is 16.5. The first-order chi connectivity index (χ1) is 9.12. The van der Waals surface area contributed by atoms with E-state index in [1.165, 1.54) is 5.69 Å². The Bertz CT molecular complexity index is 360. The molecule has 1 aromatic rings. The van der Waals surface area contributed by atoms with Gasteiger partial charge in [0.25, 0.3) is 0 Å². The van der Waals surface area contributed by atoms with E-state index in [1.807, 2.05) is 0 Å². The van der Waals surface area contributed by atoms with Crippen molar-refractivity contribution in [1.82, 2.24) is 15.1 Å². The quantitative estimate of drug-likeness (QED) is 0.747. The second-order valence-electron chi connectivity index (χ2n) is 5.12. The van der Waals surface area contributed by atoms with Gasteiger partial charge in [-0.2, -0.15) is 5.10 Å². The largest absolute Gasteiger partial charge is 0.377 e. The highest BCUT2D eigenvalue weighted by Crippen LogP contribution is 2.17. The zero-order valence-corrected chi connectivity index (χ0v) is 13.1. The summed E-state index contributed by atoms with van der Waals surface area (Å²) in [4.78, 5) is 0. The molecule has 0 spiro atoms. The molecule has 0 radical (unpaired) electrons. The first-order valence-corrected chi connectivity index (χ1v) is 7.53. The van der Waals surface area contributed by atoms with Crippen molar-refractivity contribution in [3.63, 3.8) is 0 Å². The number of aryl methyl sites for hydroxylation is 2. The molecular weight excluding hydrogens is 238 g/mol. The third kappa shape index (κ3) is 4.96.